The van der Waals surface area contributed by atoms with E-state index in [-0.39, 0.29) is 19.5 Å². The molecular formula is C11H23NS2Zn. The van der Waals surface area contributed by atoms with E-state index in [0.29, 0.717) is 4.32 Å². The van der Waals surface area contributed by atoms with Gasteiger partial charge < -0.3 is 5.73 Å². The molecule has 0 aromatic rings. The summed E-state index contributed by atoms with van der Waals surface area (Å²) in [6, 6.07) is 0. The van der Waals surface area contributed by atoms with Crippen LogP contribution in [0.5, 0.6) is 0 Å². The molecule has 0 fully saturated rings. The fourth-order valence-electron chi connectivity index (χ4n) is 1.41. The van der Waals surface area contributed by atoms with E-state index in [4.69, 9.17) is 18.0 Å². The fourth-order valence-corrected chi connectivity index (χ4v) is 2.21. The van der Waals surface area contributed by atoms with Crippen LogP contribution >= 0.6 is 24.0 Å². The topological polar surface area (TPSA) is 26.0 Å². The second-order valence-electron chi connectivity index (χ2n) is 3.64. The summed E-state index contributed by atoms with van der Waals surface area (Å²) >= 11 is 6.40. The first-order valence-corrected chi connectivity index (χ1v) is 7.09. The van der Waals surface area contributed by atoms with Gasteiger partial charge in [0.2, 0.25) is 0 Å². The predicted octanol–water partition coefficient (Wildman–Crippen LogP) is 4.10. The van der Waals surface area contributed by atoms with Gasteiger partial charge in [-0.25, -0.2) is 0 Å². The Morgan fingerprint density at radius 3 is 1.93 bits per heavy atom. The van der Waals surface area contributed by atoms with Crippen molar-refractivity contribution in [1.29, 1.82) is 0 Å². The average molecular weight is 299 g/mol. The average Bonchev–Trinajstić information content (AvgIpc) is 2.15. The molecule has 0 aliphatic carbocycles. The van der Waals surface area contributed by atoms with E-state index in [1.807, 2.05) is 0 Å². The third kappa shape index (κ3) is 17.5. The van der Waals surface area contributed by atoms with Crippen LogP contribution < -0.4 is 5.73 Å². The summed E-state index contributed by atoms with van der Waals surface area (Å²) in [6.07, 6.45) is 10.9. The van der Waals surface area contributed by atoms with Gasteiger partial charge in [0.25, 0.3) is 0 Å². The Hall–Kier alpha value is 0.863. The third-order valence-corrected chi connectivity index (χ3v) is 3.37. The summed E-state index contributed by atoms with van der Waals surface area (Å²) in [4.78, 5) is 0. The maximum absolute atomic E-state index is 5.38. The zero-order chi connectivity index (χ0) is 10.6. The first kappa shape index (κ1) is 18.2. The molecule has 0 aliphatic heterocycles. The molecule has 86 valence electrons. The van der Waals surface area contributed by atoms with Gasteiger partial charge >= 0.3 is 0 Å². The largest absolute Gasteiger partial charge is 0.385 e. The smallest absolute Gasteiger partial charge is 0.131 e. The van der Waals surface area contributed by atoms with Gasteiger partial charge in [-0.2, -0.15) is 0 Å². The van der Waals surface area contributed by atoms with Crippen molar-refractivity contribution in [1.82, 2.24) is 0 Å². The van der Waals surface area contributed by atoms with Gasteiger partial charge in [-0.15, -0.1) is 0 Å². The Kier molecular flexibility index (Phi) is 18.1. The summed E-state index contributed by atoms with van der Waals surface area (Å²) in [5.41, 5.74) is 5.38. The third-order valence-electron chi connectivity index (χ3n) is 2.24. The van der Waals surface area contributed by atoms with Crippen molar-refractivity contribution in [3.8, 4) is 0 Å². The molecule has 0 radical (unpaired) electrons. The molecule has 0 aromatic heterocycles. The number of thioether (sulfide) groups is 1. The van der Waals surface area contributed by atoms with Crippen molar-refractivity contribution in [2.45, 2.75) is 58.3 Å². The van der Waals surface area contributed by atoms with Crippen molar-refractivity contribution >= 4 is 28.3 Å². The van der Waals surface area contributed by atoms with Gasteiger partial charge in [-0.1, -0.05) is 75.8 Å². The first-order chi connectivity index (χ1) is 6.77. The van der Waals surface area contributed by atoms with Crippen LogP contribution in [0.3, 0.4) is 0 Å². The van der Waals surface area contributed by atoms with Crippen LogP contribution in [0.15, 0.2) is 0 Å². The van der Waals surface area contributed by atoms with E-state index in [1.165, 1.54) is 51.4 Å². The normalized spacial score (nSPS) is 9.67. The van der Waals surface area contributed by atoms with E-state index in [9.17, 15) is 0 Å². The molecule has 0 bridgehead atoms. The zero-order valence-electron chi connectivity index (χ0n) is 9.96. The van der Waals surface area contributed by atoms with Crippen LogP contribution in [0.4, 0.5) is 0 Å². The minimum atomic E-state index is 0. The van der Waals surface area contributed by atoms with E-state index >= 15 is 0 Å². The summed E-state index contributed by atoms with van der Waals surface area (Å²) < 4.78 is 0.591. The van der Waals surface area contributed by atoms with Crippen LogP contribution in [0.2, 0.25) is 0 Å². The maximum atomic E-state index is 5.38. The molecule has 0 spiro atoms. The quantitative estimate of drug-likeness (QED) is 0.394. The number of thiocarbonyl (C=S) groups is 1. The standard InChI is InChI=1S/C11H23NS2.Zn/c1-2-3-4-5-6-7-8-9-10-14-11(12)13;/h2-10H2,1H3,(H2,12,13);. The molecule has 0 unspecified atom stereocenters. The number of hydrogen-bond donors (Lipinski definition) is 1. The zero-order valence-corrected chi connectivity index (χ0v) is 14.6. The molecule has 0 heterocycles. The van der Waals surface area contributed by atoms with Gasteiger partial charge in [0.1, 0.15) is 4.32 Å². The predicted molar refractivity (Wildman–Crippen MR) is 71.9 cm³/mol. The number of unbranched alkanes of at least 4 members (excludes halogenated alkanes) is 7. The number of nitrogens with two attached hydrogens (primary N) is 1. The van der Waals surface area contributed by atoms with Gasteiger partial charge in [-0.05, 0) is 6.42 Å². The Labute approximate surface area is 117 Å². The molecule has 0 aromatic carbocycles. The Balaban J connectivity index is 0. The SMILES string of the molecule is CCCCCCCCCCSC(N)=S.[Zn]. The number of hydrogen-bond acceptors (Lipinski definition) is 2. The Morgan fingerprint density at radius 2 is 1.47 bits per heavy atom. The van der Waals surface area contributed by atoms with Crippen LogP contribution in [0, 0.1) is 0 Å². The van der Waals surface area contributed by atoms with Gasteiger partial charge in [0.15, 0.2) is 0 Å². The molecule has 4 heteroatoms. The van der Waals surface area contributed by atoms with Crippen molar-refractivity contribution in [3.63, 3.8) is 0 Å². The Bertz CT molecular complexity index is 143. The molecular weight excluding hydrogens is 276 g/mol. The number of rotatable bonds is 9. The van der Waals surface area contributed by atoms with E-state index < -0.39 is 0 Å². The van der Waals surface area contributed by atoms with Crippen molar-refractivity contribution < 1.29 is 19.5 Å². The van der Waals surface area contributed by atoms with Crippen LogP contribution in [0.25, 0.3) is 0 Å². The van der Waals surface area contributed by atoms with Gasteiger partial charge in [0.05, 0.1) is 0 Å². The van der Waals surface area contributed by atoms with Crippen molar-refractivity contribution in [2.75, 3.05) is 5.75 Å². The summed E-state index contributed by atoms with van der Waals surface area (Å²) in [5, 5.41) is 0. The van der Waals surface area contributed by atoms with Gasteiger partial charge in [-0.3, -0.25) is 0 Å². The maximum Gasteiger partial charge on any atom is 0.131 e. The van der Waals surface area contributed by atoms with E-state index in [1.54, 1.807) is 11.8 Å². The molecule has 0 saturated heterocycles. The molecule has 15 heavy (non-hydrogen) atoms. The first-order valence-electron chi connectivity index (χ1n) is 5.69. The van der Waals surface area contributed by atoms with Crippen molar-refractivity contribution in [3.05, 3.63) is 0 Å². The molecule has 0 atom stereocenters. The van der Waals surface area contributed by atoms with Crippen LogP contribution in [-0.2, 0) is 19.5 Å². The summed E-state index contributed by atoms with van der Waals surface area (Å²) in [5.74, 6) is 1.10. The van der Waals surface area contributed by atoms with Crippen LogP contribution in [-0.4, -0.2) is 10.1 Å². The summed E-state index contributed by atoms with van der Waals surface area (Å²) in [7, 11) is 0. The molecule has 0 rings (SSSR count). The monoisotopic (exact) mass is 297 g/mol. The molecule has 2 N–H and O–H groups in total. The van der Waals surface area contributed by atoms with E-state index in [0.717, 1.165) is 5.75 Å². The molecule has 0 amide bonds. The second-order valence-corrected chi connectivity index (χ2v) is 5.48. The fraction of sp³-hybridized carbons (Fsp3) is 0.909. The minimum absolute atomic E-state index is 0. The molecule has 0 saturated carbocycles. The summed E-state index contributed by atoms with van der Waals surface area (Å²) in [6.45, 7) is 2.26. The van der Waals surface area contributed by atoms with Crippen molar-refractivity contribution in [2.24, 2.45) is 5.73 Å². The molecule has 0 aliphatic rings. The molecule has 1 nitrogen and oxygen atoms in total. The van der Waals surface area contributed by atoms with Crippen LogP contribution in [0.1, 0.15) is 58.3 Å². The Morgan fingerprint density at radius 1 is 1.00 bits per heavy atom. The second kappa shape index (κ2) is 14.9. The van der Waals surface area contributed by atoms with E-state index in [2.05, 4.69) is 6.92 Å². The minimum Gasteiger partial charge on any atom is -0.385 e. The van der Waals surface area contributed by atoms with Gasteiger partial charge in [0, 0.05) is 25.2 Å².